The minimum absolute atomic E-state index is 0.121. The lowest BCUT2D eigenvalue weighted by molar-refractivity contribution is -0.144. The van der Waals surface area contributed by atoms with Crippen LogP contribution in [0.25, 0.3) is 0 Å². The van der Waals surface area contributed by atoms with E-state index in [0.717, 1.165) is 18.7 Å². The molecule has 1 aliphatic rings. The zero-order chi connectivity index (χ0) is 23.7. The van der Waals surface area contributed by atoms with Crippen molar-refractivity contribution in [2.45, 2.75) is 39.7 Å². The van der Waals surface area contributed by atoms with Crippen LogP contribution in [0, 0.1) is 6.92 Å². The van der Waals surface area contributed by atoms with Crippen LogP contribution in [-0.2, 0) is 27.3 Å². The fourth-order valence-corrected chi connectivity index (χ4v) is 3.71. The molecule has 9 heteroatoms. The normalized spacial score (nSPS) is 14.9. The highest BCUT2D eigenvalue weighted by Crippen LogP contribution is 2.39. The number of rotatable bonds is 11. The van der Waals surface area contributed by atoms with Crippen molar-refractivity contribution in [3.8, 4) is 11.5 Å². The molecule has 0 atom stereocenters. The average Bonchev–Trinajstić information content (AvgIpc) is 2.77. The van der Waals surface area contributed by atoms with E-state index in [2.05, 4.69) is 4.90 Å². The molecule has 0 aliphatic carbocycles. The van der Waals surface area contributed by atoms with E-state index in [4.69, 9.17) is 14.2 Å². The first-order valence-electron chi connectivity index (χ1n) is 10.7. The van der Waals surface area contributed by atoms with E-state index < -0.39 is 18.3 Å². The summed E-state index contributed by atoms with van der Waals surface area (Å²) in [6.07, 6.45) is 2.76. The van der Waals surface area contributed by atoms with Gasteiger partial charge in [0.25, 0.3) is 0 Å². The van der Waals surface area contributed by atoms with Gasteiger partial charge in [0, 0.05) is 37.2 Å². The minimum atomic E-state index is -1.32. The molecule has 1 heterocycles. The molecular weight excluding hydrogens is 418 g/mol. The SMILES string of the molecule is COc1c(C)c(CO)c(C(=O)O)c(O)c1C/C=C(\C)CCC(=O)OCCN1CCOCC1. The summed E-state index contributed by atoms with van der Waals surface area (Å²) >= 11 is 0. The number of benzene rings is 1. The molecule has 0 amide bonds. The van der Waals surface area contributed by atoms with Crippen molar-refractivity contribution in [2.24, 2.45) is 0 Å². The van der Waals surface area contributed by atoms with Gasteiger partial charge in [0.15, 0.2) is 0 Å². The molecule has 0 aromatic heterocycles. The Hall–Kier alpha value is -2.62. The molecule has 1 aliphatic heterocycles. The van der Waals surface area contributed by atoms with Crippen LogP contribution in [0.1, 0.15) is 46.8 Å². The summed E-state index contributed by atoms with van der Waals surface area (Å²) < 4.78 is 16.0. The van der Waals surface area contributed by atoms with Gasteiger partial charge in [-0.05, 0) is 32.3 Å². The maximum Gasteiger partial charge on any atom is 0.339 e. The van der Waals surface area contributed by atoms with Gasteiger partial charge in [-0.15, -0.1) is 0 Å². The van der Waals surface area contributed by atoms with Gasteiger partial charge < -0.3 is 29.5 Å². The van der Waals surface area contributed by atoms with E-state index in [1.54, 1.807) is 6.92 Å². The molecule has 3 N–H and O–H groups in total. The van der Waals surface area contributed by atoms with Crippen LogP contribution in [0.3, 0.4) is 0 Å². The number of phenols is 1. The molecule has 1 aromatic carbocycles. The summed E-state index contributed by atoms with van der Waals surface area (Å²) in [5.74, 6) is -1.68. The van der Waals surface area contributed by atoms with Crippen LogP contribution >= 0.6 is 0 Å². The number of morpholine rings is 1. The monoisotopic (exact) mass is 451 g/mol. The van der Waals surface area contributed by atoms with Crippen LogP contribution in [-0.4, -0.2) is 78.7 Å². The van der Waals surface area contributed by atoms with Gasteiger partial charge in [0.2, 0.25) is 0 Å². The van der Waals surface area contributed by atoms with Crippen molar-refractivity contribution in [3.05, 3.63) is 33.9 Å². The van der Waals surface area contributed by atoms with Crippen molar-refractivity contribution in [1.29, 1.82) is 0 Å². The number of carboxylic acid groups (broad SMARTS) is 1. The molecule has 1 saturated heterocycles. The molecule has 9 nitrogen and oxygen atoms in total. The number of carbonyl (C=O) groups is 2. The van der Waals surface area contributed by atoms with Crippen LogP contribution in [0.5, 0.6) is 11.5 Å². The zero-order valence-electron chi connectivity index (χ0n) is 19.0. The number of hydrogen-bond acceptors (Lipinski definition) is 8. The number of allylic oxidation sites excluding steroid dienone is 2. The topological polar surface area (TPSA) is 126 Å². The van der Waals surface area contributed by atoms with Gasteiger partial charge in [-0.3, -0.25) is 9.69 Å². The first-order chi connectivity index (χ1) is 15.3. The standard InChI is InChI=1S/C23H33NO8/c1-15(5-7-19(26)32-13-10-24-8-11-31-12-9-24)4-6-17-21(27)20(23(28)29)18(14-25)16(2)22(17)30-3/h4,25,27H,5-14H2,1-3H3,(H,28,29)/b15-4+. The Kier molecular flexibility index (Phi) is 9.96. The molecule has 1 fully saturated rings. The van der Waals surface area contributed by atoms with E-state index in [1.807, 2.05) is 13.0 Å². The Morgan fingerprint density at radius 3 is 2.47 bits per heavy atom. The predicted octanol–water partition coefficient (Wildman–Crippen LogP) is 2.04. The lowest BCUT2D eigenvalue weighted by Gasteiger charge is -2.26. The summed E-state index contributed by atoms with van der Waals surface area (Å²) in [4.78, 5) is 25.8. The molecule has 178 valence electrons. The zero-order valence-corrected chi connectivity index (χ0v) is 19.0. The first kappa shape index (κ1) is 25.6. The van der Waals surface area contributed by atoms with E-state index in [1.165, 1.54) is 7.11 Å². The third kappa shape index (κ3) is 6.69. The quantitative estimate of drug-likeness (QED) is 0.342. The molecule has 0 saturated carbocycles. The van der Waals surface area contributed by atoms with E-state index in [9.17, 15) is 24.9 Å². The smallest absolute Gasteiger partial charge is 0.339 e. The molecule has 0 unspecified atom stereocenters. The molecule has 0 spiro atoms. The fraction of sp³-hybridized carbons (Fsp3) is 0.565. The van der Waals surface area contributed by atoms with Gasteiger partial charge in [-0.1, -0.05) is 11.6 Å². The fourth-order valence-electron chi connectivity index (χ4n) is 3.71. The number of hydrogen-bond donors (Lipinski definition) is 3. The van der Waals surface area contributed by atoms with Crippen molar-refractivity contribution in [3.63, 3.8) is 0 Å². The number of carboxylic acids is 1. The van der Waals surface area contributed by atoms with Crippen LogP contribution in [0.15, 0.2) is 11.6 Å². The van der Waals surface area contributed by atoms with Gasteiger partial charge in [-0.2, -0.15) is 0 Å². The van der Waals surface area contributed by atoms with Crippen LogP contribution in [0.2, 0.25) is 0 Å². The number of esters is 1. The number of methoxy groups -OCH3 is 1. The Balaban J connectivity index is 1.96. The number of aromatic hydroxyl groups is 1. The first-order valence-corrected chi connectivity index (χ1v) is 10.7. The number of aliphatic hydroxyl groups excluding tert-OH is 1. The van der Waals surface area contributed by atoms with Crippen molar-refractivity contribution in [1.82, 2.24) is 4.90 Å². The van der Waals surface area contributed by atoms with E-state index >= 15 is 0 Å². The Bertz CT molecular complexity index is 843. The second-order valence-corrected chi connectivity index (χ2v) is 7.73. The highest BCUT2D eigenvalue weighted by molar-refractivity contribution is 5.94. The molecule has 2 rings (SSSR count). The Labute approximate surface area is 188 Å². The molecule has 32 heavy (non-hydrogen) atoms. The predicted molar refractivity (Wildman–Crippen MR) is 117 cm³/mol. The second kappa shape index (κ2) is 12.4. The lowest BCUT2D eigenvalue weighted by Crippen LogP contribution is -2.38. The molecule has 0 bridgehead atoms. The van der Waals surface area contributed by atoms with Crippen LogP contribution in [0.4, 0.5) is 0 Å². The highest BCUT2D eigenvalue weighted by Gasteiger charge is 2.25. The summed E-state index contributed by atoms with van der Waals surface area (Å²) in [5.41, 5.74) is 1.49. The Morgan fingerprint density at radius 2 is 1.88 bits per heavy atom. The number of nitrogens with zero attached hydrogens (tertiary/aromatic N) is 1. The maximum atomic E-state index is 12.0. The van der Waals surface area contributed by atoms with Gasteiger partial charge in [0.1, 0.15) is 23.7 Å². The van der Waals surface area contributed by atoms with E-state index in [-0.39, 0.29) is 29.9 Å². The van der Waals surface area contributed by atoms with Crippen LogP contribution < -0.4 is 4.74 Å². The third-order valence-corrected chi connectivity index (χ3v) is 5.62. The minimum Gasteiger partial charge on any atom is -0.507 e. The van der Waals surface area contributed by atoms with Crippen molar-refractivity contribution < 1.29 is 39.1 Å². The summed E-state index contributed by atoms with van der Waals surface area (Å²) in [6, 6.07) is 0. The van der Waals surface area contributed by atoms with Crippen molar-refractivity contribution >= 4 is 11.9 Å². The highest BCUT2D eigenvalue weighted by atomic mass is 16.5. The third-order valence-electron chi connectivity index (χ3n) is 5.62. The van der Waals surface area contributed by atoms with Gasteiger partial charge in [-0.25, -0.2) is 4.79 Å². The Morgan fingerprint density at radius 1 is 1.19 bits per heavy atom. The number of carbonyl (C=O) groups excluding carboxylic acids is 1. The summed E-state index contributed by atoms with van der Waals surface area (Å²) in [7, 11) is 1.43. The second-order valence-electron chi connectivity index (χ2n) is 7.73. The number of aliphatic hydroxyl groups is 1. The maximum absolute atomic E-state index is 12.0. The average molecular weight is 452 g/mol. The summed E-state index contributed by atoms with van der Waals surface area (Å²) in [6.45, 7) is 7.11. The number of ether oxygens (including phenoxy) is 3. The lowest BCUT2D eigenvalue weighted by atomic mass is 9.93. The van der Waals surface area contributed by atoms with Gasteiger partial charge in [0.05, 0.1) is 26.9 Å². The molecule has 1 aromatic rings. The van der Waals surface area contributed by atoms with E-state index in [0.29, 0.717) is 49.7 Å². The largest absolute Gasteiger partial charge is 0.507 e. The van der Waals surface area contributed by atoms with Crippen molar-refractivity contribution in [2.75, 3.05) is 46.6 Å². The molecular formula is C23H33NO8. The van der Waals surface area contributed by atoms with Gasteiger partial charge >= 0.3 is 11.9 Å². The summed E-state index contributed by atoms with van der Waals surface area (Å²) in [5, 5.41) is 29.6. The number of aromatic carboxylic acids is 1. The molecule has 0 radical (unpaired) electrons.